The zero-order valence-corrected chi connectivity index (χ0v) is 22.2. The lowest BCUT2D eigenvalue weighted by atomic mass is 9.74. The molecule has 0 bridgehead atoms. The molecular weight excluding hydrogens is 460 g/mol. The van der Waals surface area contributed by atoms with Crippen molar-refractivity contribution >= 4 is 28.5 Å². The summed E-state index contributed by atoms with van der Waals surface area (Å²) >= 11 is 0. The molecule has 5 rings (SSSR count). The van der Waals surface area contributed by atoms with E-state index in [4.69, 9.17) is 5.41 Å². The lowest BCUT2D eigenvalue weighted by molar-refractivity contribution is -0.131. The number of carbonyl (C=O) groups is 2. The fraction of sp³-hybridized carbons (Fsp3) is 0.581. The zero-order valence-electron chi connectivity index (χ0n) is 22.2. The van der Waals surface area contributed by atoms with Gasteiger partial charge in [0.2, 0.25) is 5.91 Å². The van der Waals surface area contributed by atoms with E-state index in [1.54, 1.807) is 7.05 Å². The monoisotopic (exact) mass is 502 g/mol. The van der Waals surface area contributed by atoms with Crippen LogP contribution in [0.5, 0.6) is 0 Å². The summed E-state index contributed by atoms with van der Waals surface area (Å²) < 4.78 is 0. The first kappa shape index (κ1) is 25.7. The molecule has 6 nitrogen and oxygen atoms in total. The summed E-state index contributed by atoms with van der Waals surface area (Å²) in [6.07, 6.45) is 13.5. The largest absolute Gasteiger partial charge is 0.353 e. The van der Waals surface area contributed by atoms with E-state index in [0.717, 1.165) is 55.9 Å². The van der Waals surface area contributed by atoms with Gasteiger partial charge in [0.1, 0.15) is 5.54 Å². The molecule has 2 aromatic rings. The van der Waals surface area contributed by atoms with Crippen LogP contribution in [-0.2, 0) is 16.0 Å². The van der Waals surface area contributed by atoms with Crippen LogP contribution >= 0.6 is 0 Å². The van der Waals surface area contributed by atoms with Crippen LogP contribution in [0.1, 0.15) is 82.6 Å². The average molecular weight is 503 g/mol. The van der Waals surface area contributed by atoms with Gasteiger partial charge < -0.3 is 10.6 Å². The number of guanidine groups is 1. The van der Waals surface area contributed by atoms with Gasteiger partial charge in [-0.05, 0) is 60.3 Å². The van der Waals surface area contributed by atoms with E-state index in [1.807, 2.05) is 18.2 Å². The maximum atomic E-state index is 13.4. The van der Waals surface area contributed by atoms with Gasteiger partial charge in [0.15, 0.2) is 5.96 Å². The second-order valence-corrected chi connectivity index (χ2v) is 11.8. The van der Waals surface area contributed by atoms with Gasteiger partial charge >= 0.3 is 0 Å². The normalized spacial score (nSPS) is 26.9. The highest BCUT2D eigenvalue weighted by atomic mass is 16.2. The predicted molar refractivity (Wildman–Crippen MR) is 148 cm³/mol. The van der Waals surface area contributed by atoms with Crippen molar-refractivity contribution in [2.45, 2.75) is 95.1 Å². The number of likely N-dealkylation sites (N-methyl/N-ethyl adjacent to an activating group) is 1. The first-order valence-electron chi connectivity index (χ1n) is 14.3. The molecule has 1 saturated heterocycles. The molecule has 3 aliphatic rings. The number of fused-ring (bicyclic) bond motifs is 1. The number of nitrogens with one attached hydrogen (secondary N) is 3. The molecule has 3 atom stereocenters. The summed E-state index contributed by atoms with van der Waals surface area (Å²) in [7, 11) is 1.72. The molecule has 6 heteroatoms. The van der Waals surface area contributed by atoms with E-state index in [1.165, 1.54) is 42.4 Å². The van der Waals surface area contributed by atoms with E-state index < -0.39 is 5.54 Å². The van der Waals surface area contributed by atoms with Crippen molar-refractivity contribution in [3.63, 3.8) is 0 Å². The van der Waals surface area contributed by atoms with Crippen LogP contribution in [0.15, 0.2) is 42.5 Å². The standard InChI is InChI=1S/C31H42N4O2/c1-35-29(37)31(34-30(35)32,17-16-22-8-3-2-4-9-22)21-24-10-7-13-27(19-24)33-28(36)20-23-14-15-25-11-5-6-12-26(25)18-23/h5-6,11-12,14-15,18,22,24,27H,2-4,7-10,13,16-17,19-21H2,1H3,(H2,32,34)(H,33,36)/t24-,27+,31+/m0/s1. The SMILES string of the molecule is CN1C(=N)N[C@](CCC2CCCCC2)(C[C@H]2CCC[C@@H](NC(=O)Cc3ccc4ccccc4c3)C2)C1=O. The molecule has 0 unspecified atom stereocenters. The Kier molecular flexibility index (Phi) is 7.82. The maximum absolute atomic E-state index is 13.4. The third-order valence-corrected chi connectivity index (χ3v) is 9.07. The molecule has 1 heterocycles. The molecule has 0 aromatic heterocycles. The first-order chi connectivity index (χ1) is 17.9. The molecule has 3 fully saturated rings. The Morgan fingerprint density at radius 2 is 1.78 bits per heavy atom. The third kappa shape index (κ3) is 6.00. The zero-order chi connectivity index (χ0) is 25.8. The van der Waals surface area contributed by atoms with Crippen LogP contribution < -0.4 is 10.6 Å². The van der Waals surface area contributed by atoms with Crippen molar-refractivity contribution in [3.8, 4) is 0 Å². The summed E-state index contributed by atoms with van der Waals surface area (Å²) in [5.41, 5.74) is 0.373. The summed E-state index contributed by atoms with van der Waals surface area (Å²) in [6.45, 7) is 0. The first-order valence-corrected chi connectivity index (χ1v) is 14.3. The predicted octanol–water partition coefficient (Wildman–Crippen LogP) is 5.54. The van der Waals surface area contributed by atoms with Gasteiger partial charge in [-0.1, -0.05) is 87.4 Å². The van der Waals surface area contributed by atoms with E-state index in [-0.39, 0.29) is 23.8 Å². The highest BCUT2D eigenvalue weighted by molar-refractivity contribution is 6.07. The Labute approximate surface area is 221 Å². The van der Waals surface area contributed by atoms with Crippen LogP contribution in [-0.4, -0.2) is 41.3 Å². The molecule has 1 aliphatic heterocycles. The lowest BCUT2D eigenvalue weighted by Crippen LogP contribution is -2.50. The highest BCUT2D eigenvalue weighted by Crippen LogP contribution is 2.38. The van der Waals surface area contributed by atoms with Crippen LogP contribution in [0, 0.1) is 17.2 Å². The van der Waals surface area contributed by atoms with Crippen LogP contribution in [0.2, 0.25) is 0 Å². The fourth-order valence-electron chi connectivity index (χ4n) is 7.04. The Morgan fingerprint density at radius 1 is 1.03 bits per heavy atom. The Hall–Kier alpha value is -2.89. The number of nitrogens with zero attached hydrogens (tertiary/aromatic N) is 1. The number of carbonyl (C=O) groups excluding carboxylic acids is 2. The van der Waals surface area contributed by atoms with Crippen molar-refractivity contribution < 1.29 is 9.59 Å². The number of rotatable bonds is 8. The molecule has 198 valence electrons. The number of amides is 2. The minimum absolute atomic E-state index is 0.0516. The molecule has 37 heavy (non-hydrogen) atoms. The van der Waals surface area contributed by atoms with Crippen molar-refractivity contribution in [2.24, 2.45) is 11.8 Å². The topological polar surface area (TPSA) is 85.3 Å². The van der Waals surface area contributed by atoms with Crippen molar-refractivity contribution in [1.29, 1.82) is 5.41 Å². The van der Waals surface area contributed by atoms with Gasteiger partial charge in [-0.15, -0.1) is 0 Å². The fourth-order valence-corrected chi connectivity index (χ4v) is 7.04. The summed E-state index contributed by atoms with van der Waals surface area (Å²) in [4.78, 5) is 27.8. The highest BCUT2D eigenvalue weighted by Gasteiger charge is 2.49. The van der Waals surface area contributed by atoms with E-state index in [2.05, 4.69) is 34.9 Å². The van der Waals surface area contributed by atoms with Gasteiger partial charge in [-0.3, -0.25) is 19.9 Å². The Morgan fingerprint density at radius 3 is 2.54 bits per heavy atom. The summed E-state index contributed by atoms with van der Waals surface area (Å²) in [5.74, 6) is 1.42. The quantitative estimate of drug-likeness (QED) is 0.443. The van der Waals surface area contributed by atoms with Crippen molar-refractivity contribution in [3.05, 3.63) is 48.0 Å². The summed E-state index contributed by atoms with van der Waals surface area (Å²) in [5, 5.41) is 17.3. The molecular formula is C31H42N4O2. The second kappa shape index (κ2) is 11.2. The van der Waals surface area contributed by atoms with E-state index >= 15 is 0 Å². The summed E-state index contributed by atoms with van der Waals surface area (Å²) in [6, 6.07) is 14.6. The van der Waals surface area contributed by atoms with Gasteiger partial charge in [-0.25, -0.2) is 0 Å². The Bertz CT molecular complexity index is 1140. The van der Waals surface area contributed by atoms with Gasteiger partial charge in [-0.2, -0.15) is 0 Å². The molecule has 0 spiro atoms. The van der Waals surface area contributed by atoms with Crippen LogP contribution in [0.4, 0.5) is 0 Å². The third-order valence-electron chi connectivity index (χ3n) is 9.07. The van der Waals surface area contributed by atoms with Crippen LogP contribution in [0.25, 0.3) is 10.8 Å². The molecule has 2 amide bonds. The van der Waals surface area contributed by atoms with Crippen molar-refractivity contribution in [2.75, 3.05) is 7.05 Å². The smallest absolute Gasteiger partial charge is 0.254 e. The van der Waals surface area contributed by atoms with E-state index in [9.17, 15) is 9.59 Å². The maximum Gasteiger partial charge on any atom is 0.254 e. The molecule has 0 radical (unpaired) electrons. The van der Waals surface area contributed by atoms with Crippen molar-refractivity contribution in [1.82, 2.24) is 15.5 Å². The van der Waals surface area contributed by atoms with Gasteiger partial charge in [0.05, 0.1) is 6.42 Å². The Balaban J connectivity index is 1.19. The number of hydrogen-bond donors (Lipinski definition) is 3. The lowest BCUT2D eigenvalue weighted by Gasteiger charge is -2.36. The minimum Gasteiger partial charge on any atom is -0.353 e. The molecule has 2 aliphatic carbocycles. The molecule has 2 saturated carbocycles. The number of hydrogen-bond acceptors (Lipinski definition) is 3. The molecule has 3 N–H and O–H groups in total. The number of benzene rings is 2. The second-order valence-electron chi connectivity index (χ2n) is 11.8. The van der Waals surface area contributed by atoms with Gasteiger partial charge in [0, 0.05) is 13.1 Å². The average Bonchev–Trinajstić information content (AvgIpc) is 3.11. The van der Waals surface area contributed by atoms with E-state index in [0.29, 0.717) is 18.3 Å². The van der Waals surface area contributed by atoms with Gasteiger partial charge in [0.25, 0.3) is 5.91 Å². The van der Waals surface area contributed by atoms with Crippen LogP contribution in [0.3, 0.4) is 0 Å². The minimum atomic E-state index is -0.662. The molecule has 2 aromatic carbocycles.